The lowest BCUT2D eigenvalue weighted by molar-refractivity contribution is -0.144. The van der Waals surface area contributed by atoms with Crippen molar-refractivity contribution in [1.82, 2.24) is 63.4 Å². The number of hydrogen-bond donors (Lipinski definition) is 28. The third kappa shape index (κ3) is 36.2. The Morgan fingerprint density at radius 2 is 0.786 bits per heavy atom. The smallest absolute Gasteiger partial charge is 0.327 e. The largest absolute Gasteiger partial charge is 0.481 e. The van der Waals surface area contributed by atoms with Crippen LogP contribution in [0.5, 0.6) is 0 Å². The zero-order chi connectivity index (χ0) is 78.1. The fraction of sp³-hybridized carbons (Fsp3) is 0.655. The van der Waals surface area contributed by atoms with Crippen molar-refractivity contribution < 1.29 is 87.2 Å². The van der Waals surface area contributed by atoms with Crippen molar-refractivity contribution in [3.8, 4) is 0 Å². The predicted molar refractivity (Wildman–Crippen MR) is 385 cm³/mol. The van der Waals surface area contributed by atoms with Gasteiger partial charge in [0, 0.05) is 62.2 Å². The number of carbonyl (C=O) groups excluding carboxylic acids is 13. The highest BCUT2D eigenvalue weighted by Crippen LogP contribution is 2.21. The standard InChI is InChI=1S/C55H98N26O18S4/c56-25(21-100)40(87)72-26(6-1-13-66-52(58)59)41(88)70-19-38(84)71-27(7-2-14-67-53(60)61)42(89)78-33(22-101)47(94)76-31(18-39(85)86)45(92)74-29(11-12-37(57)83)44(91)73-28(8-3-15-68-54(62)63)43(90)79-34(23-102)48(95)77-32(20-82)46(93)75-30(9-4-16-69-55(64)65)50(97)81-17-5-10-36(81)49(96)80-35(24-103)51(98)99/h25-36,82,100-103H,1-24,56H2,(H2,57,83)(H,70,88)(H,71,84)(H,72,87)(H,73,91)(H,74,92)(H,75,93)(H,76,94)(H,77,95)(H,78,89)(H,79,90)(H,80,96)(H,85,86)(H,98,99)(H4,58,59,66)(H4,60,61,67)(H4,62,63,68)(H4,64,65,69)/t25-,26-,27-,28-,29-,30-,31-,32-,33-,34-,35-,36-/m0/s1. The lowest BCUT2D eigenvalue weighted by Crippen LogP contribution is -2.61. The minimum Gasteiger partial charge on any atom is -0.481 e. The van der Waals surface area contributed by atoms with Gasteiger partial charge >= 0.3 is 11.9 Å². The number of amides is 13. The number of carboxylic acids is 2. The van der Waals surface area contributed by atoms with Gasteiger partial charge in [-0.3, -0.25) is 87.1 Å². The second kappa shape index (κ2) is 49.1. The maximum absolute atomic E-state index is 14.3. The van der Waals surface area contributed by atoms with Gasteiger partial charge in [-0.2, -0.15) is 50.5 Å². The molecule has 0 unspecified atom stereocenters. The summed E-state index contributed by atoms with van der Waals surface area (Å²) in [6, 6.07) is -18.8. The molecule has 0 saturated carbocycles. The summed E-state index contributed by atoms with van der Waals surface area (Å²) in [7, 11) is 0. The average Bonchev–Trinajstić information content (AvgIpc) is 1.70. The van der Waals surface area contributed by atoms with Crippen molar-refractivity contribution in [2.45, 2.75) is 156 Å². The van der Waals surface area contributed by atoms with Crippen LogP contribution in [0.1, 0.15) is 83.5 Å². The number of aliphatic carboxylic acids is 2. The molecule has 1 fully saturated rings. The highest BCUT2D eigenvalue weighted by molar-refractivity contribution is 7.80. The normalized spacial score (nSPS) is 15.5. The van der Waals surface area contributed by atoms with E-state index in [1.807, 2.05) is 0 Å². The predicted octanol–water partition coefficient (Wildman–Crippen LogP) is -13.0. The molecule has 580 valence electrons. The van der Waals surface area contributed by atoms with Crippen LogP contribution in [0, 0.1) is 0 Å². The Morgan fingerprint density at radius 1 is 0.427 bits per heavy atom. The summed E-state index contributed by atoms with van der Waals surface area (Å²) in [4.78, 5) is 217. The Labute approximate surface area is 613 Å². The Balaban J connectivity index is 3.53. The van der Waals surface area contributed by atoms with E-state index in [4.69, 9.17) is 57.3 Å². The molecule has 0 bridgehead atoms. The molecule has 48 heteroatoms. The minimum atomic E-state index is -2.09. The quantitative estimate of drug-likeness (QED) is 0.0116. The third-order valence-corrected chi connectivity index (χ3v) is 16.2. The second-order valence-corrected chi connectivity index (χ2v) is 24.3. The summed E-state index contributed by atoms with van der Waals surface area (Å²) in [6.07, 6.45) is -2.58. The number of carbonyl (C=O) groups is 15. The van der Waals surface area contributed by atoms with Gasteiger partial charge in [-0.25, -0.2) is 4.79 Å². The van der Waals surface area contributed by atoms with Crippen LogP contribution in [0.4, 0.5) is 0 Å². The Bertz CT molecular complexity index is 3050. The van der Waals surface area contributed by atoms with E-state index in [2.05, 4.69) is 129 Å². The summed E-state index contributed by atoms with van der Waals surface area (Å²) >= 11 is 16.3. The van der Waals surface area contributed by atoms with Gasteiger partial charge in [0.25, 0.3) is 0 Å². The lowest BCUT2D eigenvalue weighted by atomic mass is 10.1. The van der Waals surface area contributed by atoms with E-state index in [9.17, 15) is 87.2 Å². The molecule has 0 radical (unpaired) electrons. The maximum atomic E-state index is 14.3. The molecule has 1 aliphatic rings. The van der Waals surface area contributed by atoms with E-state index >= 15 is 0 Å². The van der Waals surface area contributed by atoms with Gasteiger partial charge in [0.05, 0.1) is 25.6 Å². The molecule has 0 aromatic rings. The number of likely N-dealkylation sites (tertiary alicyclic amines) is 1. The van der Waals surface area contributed by atoms with Crippen molar-refractivity contribution >= 4 is 163 Å². The number of hydrogen-bond acceptors (Lipinski definition) is 25. The van der Waals surface area contributed by atoms with Crippen LogP contribution in [-0.4, -0.2) is 274 Å². The number of guanidine groups is 4. The van der Waals surface area contributed by atoms with E-state index in [-0.39, 0.29) is 126 Å². The van der Waals surface area contributed by atoms with Gasteiger partial charge < -0.3 is 136 Å². The van der Waals surface area contributed by atoms with Gasteiger partial charge in [0.1, 0.15) is 66.5 Å². The van der Waals surface area contributed by atoms with Crippen LogP contribution >= 0.6 is 50.5 Å². The molecule has 0 aliphatic carbocycles. The fourth-order valence-electron chi connectivity index (χ4n) is 9.36. The zero-order valence-electron chi connectivity index (χ0n) is 56.2. The van der Waals surface area contributed by atoms with Gasteiger partial charge in [-0.1, -0.05) is 0 Å². The first-order valence-corrected chi connectivity index (χ1v) is 34.4. The molecular weight excluding hydrogens is 1440 g/mol. The van der Waals surface area contributed by atoms with E-state index in [1.165, 1.54) is 0 Å². The number of rotatable bonds is 50. The molecule has 0 spiro atoms. The zero-order valence-corrected chi connectivity index (χ0v) is 59.7. The maximum Gasteiger partial charge on any atom is 0.327 e. The number of nitrogens with zero attached hydrogens (tertiary/aromatic N) is 5. The number of nitrogens with one attached hydrogen (secondary N) is 11. The Kier molecular flexibility index (Phi) is 43.6. The first kappa shape index (κ1) is 91.5. The molecular formula is C55H98N26O18S4. The molecule has 12 atom stereocenters. The van der Waals surface area contributed by atoms with E-state index < -0.39 is 205 Å². The highest BCUT2D eigenvalue weighted by Gasteiger charge is 2.41. The molecule has 44 nitrogen and oxygen atoms in total. The number of nitrogens with two attached hydrogens (primary N) is 10. The number of aliphatic hydroxyl groups excluding tert-OH is 1. The van der Waals surface area contributed by atoms with Crippen molar-refractivity contribution in [3.05, 3.63) is 0 Å². The van der Waals surface area contributed by atoms with Crippen LogP contribution in [0.2, 0.25) is 0 Å². The lowest BCUT2D eigenvalue weighted by Gasteiger charge is -2.30. The first-order chi connectivity index (χ1) is 48.5. The monoisotopic (exact) mass is 1540 g/mol. The number of carboxylic acid groups (broad SMARTS) is 2. The molecule has 34 N–H and O–H groups in total. The number of primary amides is 1. The molecule has 13 amide bonds. The minimum absolute atomic E-state index is 0.00982. The Hall–Kier alpha value is -9.55. The first-order valence-electron chi connectivity index (χ1n) is 31.9. The van der Waals surface area contributed by atoms with Crippen LogP contribution in [-0.2, 0) is 71.9 Å². The van der Waals surface area contributed by atoms with Gasteiger partial charge in [-0.05, 0) is 70.6 Å². The van der Waals surface area contributed by atoms with Gasteiger partial charge in [-0.15, -0.1) is 0 Å². The van der Waals surface area contributed by atoms with Crippen molar-refractivity contribution in [1.29, 1.82) is 0 Å². The molecule has 1 saturated heterocycles. The summed E-state index contributed by atoms with van der Waals surface area (Å²) in [5.74, 6) is -19.2. The molecule has 1 aliphatic heterocycles. The summed E-state index contributed by atoms with van der Waals surface area (Å²) in [5.41, 5.74) is 54.6. The molecule has 1 heterocycles. The van der Waals surface area contributed by atoms with Crippen LogP contribution in [0.15, 0.2) is 20.0 Å². The Morgan fingerprint density at radius 3 is 1.19 bits per heavy atom. The molecule has 0 aromatic heterocycles. The fourth-order valence-corrected chi connectivity index (χ4v) is 10.3. The van der Waals surface area contributed by atoms with Crippen molar-refractivity contribution in [2.24, 2.45) is 77.3 Å². The number of thiol groups is 4. The average molecular weight is 1540 g/mol. The SMILES string of the molecule is NC(=O)CC[C@H](NC(=O)[C@H](CC(=O)O)NC(=O)[C@H](CS)NC(=O)[C@H](CCCN=C(N)N)NC(=O)CNC(=O)[C@H](CCCN=C(N)N)NC(=O)[C@@H](N)CS)C(=O)N[C@@H](CCCN=C(N)N)C(=O)N[C@@H](CS)C(=O)N[C@@H](CO)C(=O)N[C@@H](CCCN=C(N)N)C(=O)N1CCC[C@H]1C(=O)N[C@@H](CS)C(=O)O. The third-order valence-electron chi connectivity index (χ3n) is 14.7. The van der Waals surface area contributed by atoms with E-state index in [0.717, 1.165) is 4.90 Å². The highest BCUT2D eigenvalue weighted by atomic mass is 32.1. The van der Waals surface area contributed by atoms with Crippen molar-refractivity contribution in [2.75, 3.05) is 68.9 Å². The van der Waals surface area contributed by atoms with Crippen LogP contribution < -0.4 is 116 Å². The van der Waals surface area contributed by atoms with E-state index in [0.29, 0.717) is 6.42 Å². The topological polar surface area (TPSA) is 762 Å². The van der Waals surface area contributed by atoms with Crippen molar-refractivity contribution in [3.63, 3.8) is 0 Å². The summed E-state index contributed by atoms with van der Waals surface area (Å²) in [6.45, 7) is -2.06. The second-order valence-electron chi connectivity index (χ2n) is 22.8. The molecule has 103 heavy (non-hydrogen) atoms. The van der Waals surface area contributed by atoms with Crippen LogP contribution in [0.3, 0.4) is 0 Å². The van der Waals surface area contributed by atoms with Gasteiger partial charge in [0.2, 0.25) is 76.8 Å². The number of aliphatic imine (C=N–C) groups is 4. The van der Waals surface area contributed by atoms with E-state index in [1.54, 1.807) is 0 Å². The van der Waals surface area contributed by atoms with Crippen LogP contribution in [0.25, 0.3) is 0 Å². The molecule has 0 aromatic carbocycles. The molecule has 1 rings (SSSR count). The summed E-state index contributed by atoms with van der Waals surface area (Å²) < 4.78 is 0. The summed E-state index contributed by atoms with van der Waals surface area (Å²) in [5, 5.41) is 55.5. The number of aliphatic hydroxyl groups is 1. The van der Waals surface area contributed by atoms with Gasteiger partial charge in [0.15, 0.2) is 23.8 Å².